The third kappa shape index (κ3) is 8.21. The molecule has 0 aromatic carbocycles. The second-order valence-corrected chi connectivity index (χ2v) is 7.83. The third-order valence-electron chi connectivity index (χ3n) is 5.00. The lowest BCUT2D eigenvalue weighted by molar-refractivity contribution is 0.301. The summed E-state index contributed by atoms with van der Waals surface area (Å²) in [5.74, 6) is 1.94. The van der Waals surface area contributed by atoms with E-state index in [1.165, 1.54) is 92.2 Å². The first-order valence-corrected chi connectivity index (χ1v) is 10.3. The fraction of sp³-hybridized carbons (Fsp3) is 0.889. The predicted molar refractivity (Wildman–Crippen MR) is 90.5 cm³/mol. The van der Waals surface area contributed by atoms with Gasteiger partial charge in [0.25, 0.3) is 0 Å². The molecule has 0 amide bonds. The van der Waals surface area contributed by atoms with Crippen LogP contribution in [0.5, 0.6) is 0 Å². The quantitative estimate of drug-likeness (QED) is 0.279. The Bertz CT molecular complexity index is 244. The van der Waals surface area contributed by atoms with Crippen molar-refractivity contribution in [2.24, 2.45) is 11.8 Å². The van der Waals surface area contributed by atoms with E-state index in [9.17, 15) is 0 Å². The summed E-state index contributed by atoms with van der Waals surface area (Å²) in [5.41, 5.74) is 1.62. The fourth-order valence-electron chi connectivity index (χ4n) is 3.34. The standard InChI is InChI=1S/C18H33.Al.2H/c1-4-5-6-7-8-9-10-11-17(3)18-14-12-16(2)13-15-18;;;/h12,17-18H,1,4-11,13-15H2,2-3H3;;;. The predicted octanol–water partition coefficient (Wildman–Crippen LogP) is 5.54. The van der Waals surface area contributed by atoms with Crippen LogP contribution in [0.3, 0.4) is 0 Å². The van der Waals surface area contributed by atoms with Gasteiger partial charge in [-0.1, -0.05) is 69.9 Å². The van der Waals surface area contributed by atoms with Gasteiger partial charge < -0.3 is 0 Å². The van der Waals surface area contributed by atoms with Crippen molar-refractivity contribution < 1.29 is 0 Å². The van der Waals surface area contributed by atoms with Crippen LogP contribution in [0.15, 0.2) is 11.6 Å². The zero-order valence-electron chi connectivity index (χ0n) is 13.7. The van der Waals surface area contributed by atoms with Gasteiger partial charge in [-0.05, 0) is 38.0 Å². The van der Waals surface area contributed by atoms with Gasteiger partial charge in [0.15, 0.2) is 0 Å². The van der Waals surface area contributed by atoms with Crippen molar-refractivity contribution in [1.82, 2.24) is 0 Å². The van der Waals surface area contributed by atoms with Crippen molar-refractivity contribution >= 4 is 16.3 Å². The van der Waals surface area contributed by atoms with Crippen LogP contribution < -0.4 is 0 Å². The normalized spacial score (nSPS) is 21.2. The van der Waals surface area contributed by atoms with Gasteiger partial charge in [0, 0.05) is 0 Å². The minimum atomic E-state index is 0.953. The molecule has 0 aromatic heterocycles. The molecule has 0 fully saturated rings. The van der Waals surface area contributed by atoms with Crippen LogP contribution >= 0.6 is 0 Å². The van der Waals surface area contributed by atoms with Crippen LogP contribution in [-0.4, -0.2) is 16.3 Å². The summed E-state index contributed by atoms with van der Waals surface area (Å²) in [6.45, 7) is 4.78. The maximum absolute atomic E-state index is 2.49. The molecule has 0 spiro atoms. The van der Waals surface area contributed by atoms with Crippen LogP contribution in [0.2, 0.25) is 5.28 Å². The number of hydrogen-bond acceptors (Lipinski definition) is 0. The molecule has 1 rings (SSSR count). The Kier molecular flexibility index (Phi) is 10.0. The number of rotatable bonds is 10. The first-order chi connectivity index (χ1) is 9.24. The van der Waals surface area contributed by atoms with E-state index in [4.69, 9.17) is 0 Å². The number of allylic oxidation sites excluding steroid dienone is 2. The van der Waals surface area contributed by atoms with Crippen LogP contribution in [0.4, 0.5) is 0 Å². The van der Waals surface area contributed by atoms with Crippen molar-refractivity contribution in [2.45, 2.75) is 89.8 Å². The highest BCUT2D eigenvalue weighted by atomic mass is 27.0. The summed E-state index contributed by atoms with van der Waals surface area (Å²) in [7, 11) is 0. The number of hydrogen-bond donors (Lipinski definition) is 0. The first kappa shape index (κ1) is 17.3. The van der Waals surface area contributed by atoms with Gasteiger partial charge in [0.1, 0.15) is 0 Å². The van der Waals surface area contributed by atoms with Gasteiger partial charge in [0.05, 0.1) is 0 Å². The van der Waals surface area contributed by atoms with E-state index in [-0.39, 0.29) is 0 Å². The largest absolute Gasteiger partial charge is 0.211 e. The minimum absolute atomic E-state index is 0.953. The van der Waals surface area contributed by atoms with Crippen molar-refractivity contribution in [1.29, 1.82) is 0 Å². The summed E-state index contributed by atoms with van der Waals surface area (Å²) in [6.07, 6.45) is 18.5. The molecule has 0 saturated heterocycles. The molecule has 2 atom stereocenters. The molecule has 1 aliphatic carbocycles. The van der Waals surface area contributed by atoms with Gasteiger partial charge in [-0.3, -0.25) is 0 Å². The van der Waals surface area contributed by atoms with Crippen LogP contribution in [-0.2, 0) is 0 Å². The van der Waals surface area contributed by atoms with E-state index in [0.717, 1.165) is 11.8 Å². The van der Waals surface area contributed by atoms with Crippen LogP contribution in [0.1, 0.15) is 84.5 Å². The molecule has 1 aliphatic rings. The third-order valence-corrected chi connectivity index (χ3v) is 5.70. The van der Waals surface area contributed by atoms with Crippen LogP contribution in [0, 0.1) is 11.8 Å². The van der Waals surface area contributed by atoms with E-state index in [1.54, 1.807) is 5.57 Å². The highest BCUT2D eigenvalue weighted by molar-refractivity contribution is 6.08. The molecule has 0 heterocycles. The molecule has 0 nitrogen and oxygen atoms in total. The molecular weight excluding hydrogens is 243 g/mol. The molecule has 110 valence electrons. The summed E-state index contributed by atoms with van der Waals surface area (Å²) >= 11 is 1.40. The van der Waals surface area contributed by atoms with Crippen LogP contribution in [0.25, 0.3) is 0 Å². The Balaban J connectivity index is 1.94. The van der Waals surface area contributed by atoms with Crippen molar-refractivity contribution in [3.05, 3.63) is 11.6 Å². The van der Waals surface area contributed by atoms with Crippen molar-refractivity contribution in [3.8, 4) is 0 Å². The Morgan fingerprint density at radius 3 is 2.32 bits per heavy atom. The molecule has 0 aliphatic heterocycles. The lowest BCUT2D eigenvalue weighted by Crippen LogP contribution is -2.14. The van der Waals surface area contributed by atoms with E-state index < -0.39 is 0 Å². The molecular formula is C18H35Al. The number of unbranched alkanes of at least 4 members (excludes halogenated alkanes) is 6. The SMILES string of the molecule is CC1=CCC(C(C)CCCCCCCC[CH2][AlH2])CC1. The molecule has 0 bridgehead atoms. The van der Waals surface area contributed by atoms with Crippen molar-refractivity contribution in [2.75, 3.05) is 0 Å². The van der Waals surface area contributed by atoms with E-state index in [0.29, 0.717) is 0 Å². The van der Waals surface area contributed by atoms with Gasteiger partial charge in [-0.2, -0.15) is 0 Å². The average Bonchev–Trinajstić information content (AvgIpc) is 2.42. The molecule has 0 N–H and O–H groups in total. The summed E-state index contributed by atoms with van der Waals surface area (Å²) in [6, 6.07) is 0. The highest BCUT2D eigenvalue weighted by Crippen LogP contribution is 2.31. The summed E-state index contributed by atoms with van der Waals surface area (Å²) in [5, 5.41) is 1.51. The van der Waals surface area contributed by atoms with Gasteiger partial charge >= 0.3 is 0 Å². The molecule has 0 aromatic rings. The first-order valence-electron chi connectivity index (χ1n) is 8.89. The summed E-state index contributed by atoms with van der Waals surface area (Å²) < 4.78 is 0. The average molecular weight is 278 g/mol. The molecule has 19 heavy (non-hydrogen) atoms. The second kappa shape index (κ2) is 11.0. The zero-order chi connectivity index (χ0) is 13.9. The fourth-order valence-corrected chi connectivity index (χ4v) is 3.84. The topological polar surface area (TPSA) is 0 Å². The Hall–Kier alpha value is 0.272. The lowest BCUT2D eigenvalue weighted by atomic mass is 9.79. The maximum atomic E-state index is 2.49. The Morgan fingerprint density at radius 2 is 1.74 bits per heavy atom. The van der Waals surface area contributed by atoms with Gasteiger partial charge in [-0.15, -0.1) is 5.28 Å². The smallest absolute Gasteiger partial charge is 0.101 e. The highest BCUT2D eigenvalue weighted by Gasteiger charge is 2.18. The second-order valence-electron chi connectivity index (χ2n) is 6.83. The van der Waals surface area contributed by atoms with Gasteiger partial charge in [0.2, 0.25) is 16.3 Å². The minimum Gasteiger partial charge on any atom is -0.101 e. The molecule has 0 radical (unpaired) electrons. The summed E-state index contributed by atoms with van der Waals surface area (Å²) in [4.78, 5) is 0. The maximum Gasteiger partial charge on any atom is 0.211 e. The van der Waals surface area contributed by atoms with E-state index >= 15 is 0 Å². The Morgan fingerprint density at radius 1 is 1.11 bits per heavy atom. The monoisotopic (exact) mass is 278 g/mol. The van der Waals surface area contributed by atoms with E-state index in [2.05, 4.69) is 19.9 Å². The Labute approximate surface area is 129 Å². The van der Waals surface area contributed by atoms with E-state index in [1.807, 2.05) is 0 Å². The molecule has 0 saturated carbocycles. The lowest BCUT2D eigenvalue weighted by Gasteiger charge is -2.26. The van der Waals surface area contributed by atoms with Crippen molar-refractivity contribution in [3.63, 3.8) is 0 Å². The molecule has 1 heteroatoms. The molecule has 2 unspecified atom stereocenters. The zero-order valence-corrected chi connectivity index (χ0v) is 15.7. The van der Waals surface area contributed by atoms with Gasteiger partial charge in [-0.25, -0.2) is 0 Å².